The highest BCUT2D eigenvalue weighted by Gasteiger charge is 2.38. The Balaban J connectivity index is 1.79. The minimum Gasteiger partial charge on any atom is -0.310 e. The van der Waals surface area contributed by atoms with Crippen molar-refractivity contribution >= 4 is 9.84 Å². The van der Waals surface area contributed by atoms with Crippen molar-refractivity contribution in [3.8, 4) is 0 Å². The molecule has 2 aliphatic rings. The lowest BCUT2D eigenvalue weighted by Gasteiger charge is -2.31. The Morgan fingerprint density at radius 2 is 1.88 bits per heavy atom. The van der Waals surface area contributed by atoms with Gasteiger partial charge in [0, 0.05) is 5.54 Å². The van der Waals surface area contributed by atoms with Crippen LogP contribution in [0.5, 0.6) is 0 Å². The third-order valence-electron chi connectivity index (χ3n) is 4.46. The second-order valence-electron chi connectivity index (χ2n) is 6.41. The molecule has 2 fully saturated rings. The van der Waals surface area contributed by atoms with Gasteiger partial charge in [-0.05, 0) is 44.6 Å². The van der Waals surface area contributed by atoms with Crippen molar-refractivity contribution in [2.75, 3.05) is 18.1 Å². The molecule has 1 unspecified atom stereocenters. The second kappa shape index (κ2) is 4.88. The van der Waals surface area contributed by atoms with Gasteiger partial charge >= 0.3 is 0 Å². The molecular formula is C13H25NO2S. The number of hydrogen-bond donors (Lipinski definition) is 1. The standard InChI is InChI=1S/C13H25NO2S/c1-11-3-5-12(6-4-11)9-14-13(2)7-8-17(15,16)10-13/h11-12,14H,3-10H2,1-2H3. The molecule has 4 heteroatoms. The maximum Gasteiger partial charge on any atom is 0.152 e. The van der Waals surface area contributed by atoms with Crippen LogP contribution < -0.4 is 5.32 Å². The molecule has 0 aromatic heterocycles. The quantitative estimate of drug-likeness (QED) is 0.843. The molecule has 1 aliphatic heterocycles. The summed E-state index contributed by atoms with van der Waals surface area (Å²) in [6.07, 6.45) is 6.05. The minimum absolute atomic E-state index is 0.165. The average Bonchev–Trinajstić information content (AvgIpc) is 2.53. The van der Waals surface area contributed by atoms with Gasteiger partial charge in [0.2, 0.25) is 0 Å². The molecule has 0 radical (unpaired) electrons. The van der Waals surface area contributed by atoms with E-state index in [-0.39, 0.29) is 5.54 Å². The predicted molar refractivity (Wildman–Crippen MR) is 70.8 cm³/mol. The lowest BCUT2D eigenvalue weighted by Crippen LogP contribution is -2.46. The smallest absolute Gasteiger partial charge is 0.152 e. The third kappa shape index (κ3) is 3.68. The van der Waals surface area contributed by atoms with E-state index in [1.807, 2.05) is 0 Å². The first kappa shape index (κ1) is 13.3. The van der Waals surface area contributed by atoms with Crippen molar-refractivity contribution in [1.29, 1.82) is 0 Å². The lowest BCUT2D eigenvalue weighted by molar-refractivity contribution is 0.258. The molecule has 1 atom stereocenters. The molecule has 0 spiro atoms. The van der Waals surface area contributed by atoms with Crippen molar-refractivity contribution < 1.29 is 8.42 Å². The van der Waals surface area contributed by atoms with E-state index in [0.717, 1.165) is 24.8 Å². The maximum atomic E-state index is 11.5. The van der Waals surface area contributed by atoms with Crippen LogP contribution in [0.4, 0.5) is 0 Å². The van der Waals surface area contributed by atoms with Crippen molar-refractivity contribution in [1.82, 2.24) is 5.32 Å². The Morgan fingerprint density at radius 3 is 2.41 bits per heavy atom. The van der Waals surface area contributed by atoms with Crippen LogP contribution in [0, 0.1) is 11.8 Å². The first-order valence-electron chi connectivity index (χ1n) is 6.84. The molecule has 3 nitrogen and oxygen atoms in total. The van der Waals surface area contributed by atoms with Gasteiger partial charge in [-0.15, -0.1) is 0 Å². The van der Waals surface area contributed by atoms with Crippen LogP contribution >= 0.6 is 0 Å². The second-order valence-corrected chi connectivity index (χ2v) is 8.59. The van der Waals surface area contributed by atoms with E-state index in [0.29, 0.717) is 11.5 Å². The fraction of sp³-hybridized carbons (Fsp3) is 1.00. The Kier molecular flexibility index (Phi) is 3.83. The van der Waals surface area contributed by atoms with E-state index in [2.05, 4.69) is 19.2 Å². The van der Waals surface area contributed by atoms with Gasteiger partial charge < -0.3 is 5.32 Å². The predicted octanol–water partition coefficient (Wildman–Crippen LogP) is 1.98. The zero-order valence-corrected chi connectivity index (χ0v) is 11.9. The van der Waals surface area contributed by atoms with Gasteiger partial charge in [0.25, 0.3) is 0 Å². The first-order valence-corrected chi connectivity index (χ1v) is 8.66. The number of sulfone groups is 1. The van der Waals surface area contributed by atoms with Gasteiger partial charge in [-0.3, -0.25) is 0 Å². The molecule has 1 saturated carbocycles. The van der Waals surface area contributed by atoms with Crippen LogP contribution in [0.2, 0.25) is 0 Å². The first-order chi connectivity index (χ1) is 7.89. The molecule has 0 bridgehead atoms. The number of nitrogens with one attached hydrogen (secondary N) is 1. The molecule has 1 heterocycles. The van der Waals surface area contributed by atoms with E-state index in [1.165, 1.54) is 25.7 Å². The zero-order valence-electron chi connectivity index (χ0n) is 11.0. The van der Waals surface area contributed by atoms with Crippen LogP contribution in [0.1, 0.15) is 46.0 Å². The highest BCUT2D eigenvalue weighted by molar-refractivity contribution is 7.91. The van der Waals surface area contributed by atoms with Crippen LogP contribution in [0.25, 0.3) is 0 Å². The van der Waals surface area contributed by atoms with Crippen LogP contribution in [0.3, 0.4) is 0 Å². The summed E-state index contributed by atoms with van der Waals surface area (Å²) in [6, 6.07) is 0. The van der Waals surface area contributed by atoms with E-state index in [9.17, 15) is 8.42 Å². The highest BCUT2D eigenvalue weighted by Crippen LogP contribution is 2.29. The van der Waals surface area contributed by atoms with Crippen LogP contribution in [-0.4, -0.2) is 32.0 Å². The zero-order chi connectivity index (χ0) is 12.5. The Hall–Kier alpha value is -0.0900. The number of hydrogen-bond acceptors (Lipinski definition) is 3. The Labute approximate surface area is 105 Å². The minimum atomic E-state index is -2.78. The maximum absolute atomic E-state index is 11.5. The van der Waals surface area contributed by atoms with Crippen molar-refractivity contribution in [2.24, 2.45) is 11.8 Å². The number of rotatable bonds is 3. The summed E-state index contributed by atoms with van der Waals surface area (Å²) in [5.41, 5.74) is -0.165. The Bertz CT molecular complexity index is 358. The van der Waals surface area contributed by atoms with Gasteiger partial charge in [0.1, 0.15) is 0 Å². The SMILES string of the molecule is CC1CCC(CNC2(C)CCS(=O)(=O)C2)CC1. The fourth-order valence-electron chi connectivity index (χ4n) is 3.07. The van der Waals surface area contributed by atoms with Crippen molar-refractivity contribution in [3.05, 3.63) is 0 Å². The molecule has 0 aromatic carbocycles. The topological polar surface area (TPSA) is 46.2 Å². The summed E-state index contributed by atoms with van der Waals surface area (Å²) in [4.78, 5) is 0. The van der Waals surface area contributed by atoms with Gasteiger partial charge in [-0.2, -0.15) is 0 Å². The monoisotopic (exact) mass is 259 g/mol. The van der Waals surface area contributed by atoms with Gasteiger partial charge in [0.05, 0.1) is 11.5 Å². The largest absolute Gasteiger partial charge is 0.310 e. The van der Waals surface area contributed by atoms with Crippen LogP contribution in [0.15, 0.2) is 0 Å². The summed E-state index contributed by atoms with van der Waals surface area (Å²) >= 11 is 0. The summed E-state index contributed by atoms with van der Waals surface area (Å²) in [5, 5.41) is 3.52. The van der Waals surface area contributed by atoms with Gasteiger partial charge in [0.15, 0.2) is 9.84 Å². The van der Waals surface area contributed by atoms with Crippen molar-refractivity contribution in [3.63, 3.8) is 0 Å². The van der Waals surface area contributed by atoms with E-state index in [4.69, 9.17) is 0 Å². The summed E-state index contributed by atoms with van der Waals surface area (Å²) in [5.74, 6) is 2.32. The van der Waals surface area contributed by atoms with Crippen molar-refractivity contribution in [2.45, 2.75) is 51.5 Å². The third-order valence-corrected chi connectivity index (χ3v) is 6.36. The molecule has 2 rings (SSSR count). The summed E-state index contributed by atoms with van der Waals surface area (Å²) in [6.45, 7) is 5.39. The lowest BCUT2D eigenvalue weighted by atomic mass is 9.82. The Morgan fingerprint density at radius 1 is 1.24 bits per heavy atom. The molecule has 1 N–H and O–H groups in total. The summed E-state index contributed by atoms with van der Waals surface area (Å²) in [7, 11) is -2.78. The summed E-state index contributed by atoms with van der Waals surface area (Å²) < 4.78 is 23.0. The molecule has 0 aromatic rings. The van der Waals surface area contributed by atoms with Gasteiger partial charge in [-0.1, -0.05) is 19.8 Å². The average molecular weight is 259 g/mol. The normalized spacial score (nSPS) is 41.5. The van der Waals surface area contributed by atoms with Gasteiger partial charge in [-0.25, -0.2) is 8.42 Å². The van der Waals surface area contributed by atoms with Crippen LogP contribution in [-0.2, 0) is 9.84 Å². The molecule has 100 valence electrons. The highest BCUT2D eigenvalue weighted by atomic mass is 32.2. The molecule has 1 aliphatic carbocycles. The van der Waals surface area contributed by atoms with E-state index in [1.54, 1.807) is 0 Å². The molecular weight excluding hydrogens is 234 g/mol. The molecule has 17 heavy (non-hydrogen) atoms. The van der Waals surface area contributed by atoms with E-state index >= 15 is 0 Å². The fourth-order valence-corrected chi connectivity index (χ4v) is 5.20. The van der Waals surface area contributed by atoms with E-state index < -0.39 is 9.84 Å². The molecule has 0 amide bonds. The molecule has 1 saturated heterocycles.